The van der Waals surface area contributed by atoms with Crippen LogP contribution in [-0.4, -0.2) is 19.0 Å². The highest BCUT2D eigenvalue weighted by atomic mass is 16.6. The zero-order chi connectivity index (χ0) is 11.0. The van der Waals surface area contributed by atoms with Gasteiger partial charge < -0.3 is 9.47 Å². The first kappa shape index (κ1) is 9.46. The minimum atomic E-state index is 0.213. The molecule has 3 rings (SSSR count). The molecule has 1 heterocycles. The highest BCUT2D eigenvalue weighted by Crippen LogP contribution is 2.35. The number of carbonyl (C=O) groups is 1. The van der Waals surface area contributed by atoms with Gasteiger partial charge in [-0.05, 0) is 35.8 Å². The zero-order valence-electron chi connectivity index (χ0n) is 8.86. The van der Waals surface area contributed by atoms with Gasteiger partial charge in [0.25, 0.3) is 0 Å². The molecule has 1 aromatic rings. The van der Waals surface area contributed by atoms with Gasteiger partial charge in [-0.2, -0.15) is 0 Å². The van der Waals surface area contributed by atoms with Crippen molar-refractivity contribution in [1.29, 1.82) is 0 Å². The molecular formula is C13H12O3. The maximum Gasteiger partial charge on any atom is 0.161 e. The Kier molecular flexibility index (Phi) is 2.17. The molecule has 3 nitrogen and oxygen atoms in total. The molecule has 82 valence electrons. The molecule has 0 aromatic heterocycles. The van der Waals surface area contributed by atoms with Crippen LogP contribution < -0.4 is 9.47 Å². The SMILES string of the molecule is O=C1C=C(c2ccc3c(c2)OCCO3)CC1. The average molecular weight is 216 g/mol. The first-order valence-corrected chi connectivity index (χ1v) is 5.46. The third-order valence-corrected chi connectivity index (χ3v) is 2.89. The summed E-state index contributed by atoms with van der Waals surface area (Å²) < 4.78 is 11.0. The molecule has 0 atom stereocenters. The van der Waals surface area contributed by atoms with Crippen molar-refractivity contribution in [2.24, 2.45) is 0 Å². The minimum Gasteiger partial charge on any atom is -0.486 e. The molecule has 0 radical (unpaired) electrons. The van der Waals surface area contributed by atoms with Gasteiger partial charge in [0.1, 0.15) is 13.2 Å². The third kappa shape index (κ3) is 1.58. The van der Waals surface area contributed by atoms with Gasteiger partial charge in [-0.1, -0.05) is 6.07 Å². The van der Waals surface area contributed by atoms with Crippen LogP contribution in [0.25, 0.3) is 5.57 Å². The van der Waals surface area contributed by atoms with Crippen LogP contribution in [0.15, 0.2) is 24.3 Å². The topological polar surface area (TPSA) is 35.5 Å². The molecule has 0 spiro atoms. The molecular weight excluding hydrogens is 204 g/mol. The molecule has 1 aliphatic carbocycles. The van der Waals surface area contributed by atoms with Crippen molar-refractivity contribution in [3.05, 3.63) is 29.8 Å². The van der Waals surface area contributed by atoms with Crippen LogP contribution in [0.5, 0.6) is 11.5 Å². The molecule has 0 unspecified atom stereocenters. The summed E-state index contributed by atoms with van der Waals surface area (Å²) in [5, 5.41) is 0. The van der Waals surface area contributed by atoms with Crippen LogP contribution in [0.2, 0.25) is 0 Å². The van der Waals surface area contributed by atoms with Gasteiger partial charge in [-0.15, -0.1) is 0 Å². The van der Waals surface area contributed by atoms with Crippen LogP contribution in [-0.2, 0) is 4.79 Å². The number of benzene rings is 1. The van der Waals surface area contributed by atoms with E-state index < -0.39 is 0 Å². The normalized spacial score (nSPS) is 18.5. The number of hydrogen-bond acceptors (Lipinski definition) is 3. The van der Waals surface area contributed by atoms with E-state index in [4.69, 9.17) is 9.47 Å². The van der Waals surface area contributed by atoms with Crippen LogP contribution in [0, 0.1) is 0 Å². The maximum atomic E-state index is 11.2. The van der Waals surface area contributed by atoms with Gasteiger partial charge in [0.2, 0.25) is 0 Å². The minimum absolute atomic E-state index is 0.213. The molecule has 0 amide bonds. The molecule has 1 aliphatic heterocycles. The lowest BCUT2D eigenvalue weighted by Crippen LogP contribution is -2.15. The van der Waals surface area contributed by atoms with Gasteiger partial charge in [-0.3, -0.25) is 4.79 Å². The predicted molar refractivity (Wildman–Crippen MR) is 59.7 cm³/mol. The van der Waals surface area contributed by atoms with Crippen LogP contribution in [0.4, 0.5) is 0 Å². The Labute approximate surface area is 93.7 Å². The molecule has 0 N–H and O–H groups in total. The Bertz CT molecular complexity index is 474. The Hall–Kier alpha value is -1.77. The zero-order valence-corrected chi connectivity index (χ0v) is 8.86. The largest absolute Gasteiger partial charge is 0.486 e. The van der Waals surface area contributed by atoms with Gasteiger partial charge in [0, 0.05) is 6.42 Å². The third-order valence-electron chi connectivity index (χ3n) is 2.89. The van der Waals surface area contributed by atoms with E-state index in [0.717, 1.165) is 29.1 Å². The molecule has 0 saturated carbocycles. The van der Waals surface area contributed by atoms with E-state index in [2.05, 4.69) is 0 Å². The summed E-state index contributed by atoms with van der Waals surface area (Å²) in [6.45, 7) is 1.20. The van der Waals surface area contributed by atoms with Crippen molar-refractivity contribution in [1.82, 2.24) is 0 Å². The Morgan fingerprint density at radius 2 is 1.81 bits per heavy atom. The second-order valence-corrected chi connectivity index (χ2v) is 3.99. The van der Waals surface area contributed by atoms with E-state index in [0.29, 0.717) is 19.6 Å². The van der Waals surface area contributed by atoms with E-state index in [-0.39, 0.29) is 5.78 Å². The molecule has 0 fully saturated rings. The quantitative estimate of drug-likeness (QED) is 0.722. The fourth-order valence-corrected chi connectivity index (χ4v) is 2.07. The first-order valence-electron chi connectivity index (χ1n) is 5.46. The van der Waals surface area contributed by atoms with Gasteiger partial charge in [0.15, 0.2) is 17.3 Å². The van der Waals surface area contributed by atoms with E-state index in [1.54, 1.807) is 6.08 Å². The number of fused-ring (bicyclic) bond motifs is 1. The summed E-state index contributed by atoms with van der Waals surface area (Å²) in [6.07, 6.45) is 3.19. The van der Waals surface area contributed by atoms with E-state index in [1.165, 1.54) is 0 Å². The number of hydrogen-bond donors (Lipinski definition) is 0. The molecule has 16 heavy (non-hydrogen) atoms. The lowest BCUT2D eigenvalue weighted by Gasteiger charge is -2.19. The maximum absolute atomic E-state index is 11.2. The number of ether oxygens (including phenoxy) is 2. The van der Waals surface area contributed by atoms with Crippen LogP contribution in [0.3, 0.4) is 0 Å². The van der Waals surface area contributed by atoms with Crippen molar-refractivity contribution in [2.75, 3.05) is 13.2 Å². The molecule has 0 bridgehead atoms. The monoisotopic (exact) mass is 216 g/mol. The van der Waals surface area contributed by atoms with Crippen LogP contribution in [0.1, 0.15) is 18.4 Å². The lowest BCUT2D eigenvalue weighted by molar-refractivity contribution is -0.114. The van der Waals surface area contributed by atoms with Gasteiger partial charge >= 0.3 is 0 Å². The number of carbonyl (C=O) groups excluding carboxylic acids is 1. The van der Waals surface area contributed by atoms with Crippen molar-refractivity contribution in [3.8, 4) is 11.5 Å². The fourth-order valence-electron chi connectivity index (χ4n) is 2.07. The first-order chi connectivity index (χ1) is 7.83. The van der Waals surface area contributed by atoms with E-state index >= 15 is 0 Å². The van der Waals surface area contributed by atoms with Crippen LogP contribution >= 0.6 is 0 Å². The molecule has 0 saturated heterocycles. The fraction of sp³-hybridized carbons (Fsp3) is 0.308. The summed E-state index contributed by atoms with van der Waals surface area (Å²) in [6, 6.07) is 5.85. The van der Waals surface area contributed by atoms with E-state index in [9.17, 15) is 4.79 Å². The second kappa shape index (κ2) is 3.67. The van der Waals surface area contributed by atoms with Gasteiger partial charge in [0.05, 0.1) is 0 Å². The van der Waals surface area contributed by atoms with E-state index in [1.807, 2.05) is 18.2 Å². The van der Waals surface area contributed by atoms with Crippen molar-refractivity contribution < 1.29 is 14.3 Å². The van der Waals surface area contributed by atoms with Gasteiger partial charge in [-0.25, -0.2) is 0 Å². The summed E-state index contributed by atoms with van der Waals surface area (Å²) in [5.41, 5.74) is 2.16. The summed E-state index contributed by atoms with van der Waals surface area (Å²) in [5.74, 6) is 1.79. The molecule has 1 aromatic carbocycles. The van der Waals surface area contributed by atoms with Crippen molar-refractivity contribution in [2.45, 2.75) is 12.8 Å². The number of ketones is 1. The molecule has 3 heteroatoms. The predicted octanol–water partition coefficient (Wildman–Crippen LogP) is 2.20. The highest BCUT2D eigenvalue weighted by Gasteiger charge is 2.17. The standard InChI is InChI=1S/C13H12O3/c14-11-3-1-9(7-11)10-2-4-12-13(8-10)16-6-5-15-12/h2,4,7-8H,1,3,5-6H2. The Balaban J connectivity index is 1.97. The number of rotatable bonds is 1. The lowest BCUT2D eigenvalue weighted by atomic mass is 10.0. The molecule has 2 aliphatic rings. The highest BCUT2D eigenvalue weighted by molar-refractivity contribution is 6.01. The second-order valence-electron chi connectivity index (χ2n) is 3.99. The Morgan fingerprint density at radius 1 is 1.00 bits per heavy atom. The summed E-state index contributed by atoms with van der Waals surface area (Å²) in [7, 11) is 0. The summed E-state index contributed by atoms with van der Waals surface area (Å²) >= 11 is 0. The van der Waals surface area contributed by atoms with Crippen molar-refractivity contribution in [3.63, 3.8) is 0 Å². The van der Waals surface area contributed by atoms with Crippen molar-refractivity contribution >= 4 is 11.4 Å². The summed E-state index contributed by atoms with van der Waals surface area (Å²) in [4.78, 5) is 11.2. The smallest absolute Gasteiger partial charge is 0.161 e. The Morgan fingerprint density at radius 3 is 2.56 bits per heavy atom. The number of allylic oxidation sites excluding steroid dienone is 2. The average Bonchev–Trinajstić information content (AvgIpc) is 2.75.